The second kappa shape index (κ2) is 14.4. The molecule has 2 N–H and O–H groups in total. The van der Waals surface area contributed by atoms with Gasteiger partial charge in [0.1, 0.15) is 11.3 Å². The third kappa shape index (κ3) is 8.31. The number of H-pyrrole nitrogens is 1. The van der Waals surface area contributed by atoms with Gasteiger partial charge in [-0.1, -0.05) is 31.2 Å². The lowest BCUT2D eigenvalue weighted by molar-refractivity contribution is -0.192. The molecule has 0 bridgehead atoms. The van der Waals surface area contributed by atoms with E-state index in [9.17, 15) is 39.6 Å². The summed E-state index contributed by atoms with van der Waals surface area (Å²) in [6, 6.07) is 12.5. The van der Waals surface area contributed by atoms with E-state index in [1.54, 1.807) is 35.2 Å². The number of aromatic amines is 1. The summed E-state index contributed by atoms with van der Waals surface area (Å²) in [5, 5.41) is 7.12. The number of imidazole rings is 1. The summed E-state index contributed by atoms with van der Waals surface area (Å²) in [6.45, 7) is 7.64. The minimum atomic E-state index is -5.08. The minimum absolute atomic E-state index is 0.0676. The molecule has 48 heavy (non-hydrogen) atoms. The van der Waals surface area contributed by atoms with E-state index >= 15 is 0 Å². The zero-order chi connectivity index (χ0) is 35.6. The van der Waals surface area contributed by atoms with Gasteiger partial charge in [0, 0.05) is 24.7 Å². The lowest BCUT2D eigenvalue weighted by atomic mass is 9.80. The van der Waals surface area contributed by atoms with Crippen LogP contribution in [0, 0.1) is 5.92 Å². The maximum absolute atomic E-state index is 13.8. The van der Waals surface area contributed by atoms with Crippen LogP contribution in [0.3, 0.4) is 0 Å². The standard InChI is InChI=1S/C30H37F3N4O3S.C2HF3O2/c1-4-36(19(2)3)21-13-14-26(20(17-21)18-41(39,40)22-9-6-5-7-10-22)37-16-15-23(29(37)38)28-34-25-12-8-11-24(27(25)35-28)30(31,32)33;3-2(4,5)1(6)7/h5-12,19-21,23,26H,4,13-18H2,1-3H3,(H,34,35);(H,6,7)/t20-,21+,23?,26-;/m0./s1. The third-order valence-corrected chi connectivity index (χ3v) is 10.9. The molecule has 0 radical (unpaired) electrons. The van der Waals surface area contributed by atoms with E-state index in [1.165, 1.54) is 12.1 Å². The smallest absolute Gasteiger partial charge is 0.475 e. The second-order valence-electron chi connectivity index (χ2n) is 12.3. The van der Waals surface area contributed by atoms with Crippen molar-refractivity contribution < 1.29 is 49.5 Å². The third-order valence-electron chi connectivity index (χ3n) is 9.00. The number of carboxylic acid groups (broad SMARTS) is 1. The Morgan fingerprint density at radius 2 is 1.69 bits per heavy atom. The molecule has 9 nitrogen and oxygen atoms in total. The maximum Gasteiger partial charge on any atom is 0.490 e. The van der Waals surface area contributed by atoms with Gasteiger partial charge in [0.2, 0.25) is 5.91 Å². The first-order valence-electron chi connectivity index (χ1n) is 15.5. The van der Waals surface area contributed by atoms with Gasteiger partial charge in [0.05, 0.1) is 27.6 Å². The fourth-order valence-electron chi connectivity index (χ4n) is 6.89. The van der Waals surface area contributed by atoms with Gasteiger partial charge in [-0.15, -0.1) is 0 Å². The number of rotatable bonds is 8. The number of carboxylic acids is 1. The van der Waals surface area contributed by atoms with Gasteiger partial charge in [-0.05, 0) is 76.3 Å². The number of aliphatic carboxylic acids is 1. The van der Waals surface area contributed by atoms with Crippen LogP contribution in [0.15, 0.2) is 53.4 Å². The molecule has 3 aromatic rings. The number of nitrogens with one attached hydrogen (secondary N) is 1. The SMILES string of the molecule is CCN(C(C)C)[C@@H]1CC[C@H](N2CCC(c3nc4c(C(F)(F)F)cccc4[nH]3)C2=O)[C@H](CS(=O)(=O)c2ccccc2)C1.O=C(O)C(F)(F)F. The number of alkyl halides is 6. The predicted molar refractivity (Wildman–Crippen MR) is 165 cm³/mol. The Balaban J connectivity index is 0.000000671. The zero-order valence-corrected chi connectivity index (χ0v) is 27.4. The lowest BCUT2D eigenvalue weighted by Gasteiger charge is -2.45. The topological polar surface area (TPSA) is 124 Å². The van der Waals surface area contributed by atoms with Crippen LogP contribution in [-0.4, -0.2) is 88.3 Å². The van der Waals surface area contributed by atoms with E-state index in [0.717, 1.165) is 19.0 Å². The molecule has 2 fully saturated rings. The van der Waals surface area contributed by atoms with Crippen molar-refractivity contribution in [1.29, 1.82) is 0 Å². The van der Waals surface area contributed by atoms with Crippen LogP contribution in [0.1, 0.15) is 63.8 Å². The minimum Gasteiger partial charge on any atom is -0.475 e. The monoisotopic (exact) mass is 704 g/mol. The number of likely N-dealkylation sites (tertiary alicyclic amines) is 1. The number of sulfone groups is 1. The van der Waals surface area contributed by atoms with E-state index in [2.05, 4.69) is 35.6 Å². The molecule has 1 unspecified atom stereocenters. The number of para-hydroxylation sites is 1. The Bertz CT molecular complexity index is 1690. The van der Waals surface area contributed by atoms with Crippen molar-refractivity contribution in [3.8, 4) is 0 Å². The van der Waals surface area contributed by atoms with Gasteiger partial charge in [0.25, 0.3) is 0 Å². The summed E-state index contributed by atoms with van der Waals surface area (Å²) in [4.78, 5) is 34.3. The van der Waals surface area contributed by atoms with Crippen LogP contribution in [-0.2, 0) is 25.6 Å². The van der Waals surface area contributed by atoms with Crippen LogP contribution >= 0.6 is 0 Å². The number of aromatic nitrogens is 2. The molecule has 16 heteroatoms. The van der Waals surface area contributed by atoms with E-state index < -0.39 is 39.6 Å². The van der Waals surface area contributed by atoms with Gasteiger partial charge in [-0.25, -0.2) is 18.2 Å². The van der Waals surface area contributed by atoms with Gasteiger partial charge in [-0.3, -0.25) is 9.69 Å². The average Bonchev–Trinajstić information content (AvgIpc) is 3.60. The largest absolute Gasteiger partial charge is 0.490 e. The Labute approximate surface area is 274 Å². The molecule has 0 spiro atoms. The van der Waals surface area contributed by atoms with Crippen molar-refractivity contribution in [1.82, 2.24) is 19.8 Å². The molecular weight excluding hydrogens is 666 g/mol. The first kappa shape index (κ1) is 37.2. The molecular formula is C32H38F6N4O5S. The summed E-state index contributed by atoms with van der Waals surface area (Å²) in [5.74, 6) is -3.78. The van der Waals surface area contributed by atoms with Crippen molar-refractivity contribution in [2.75, 3.05) is 18.8 Å². The highest BCUT2D eigenvalue weighted by Gasteiger charge is 2.45. The predicted octanol–water partition coefficient (Wildman–Crippen LogP) is 6.27. The molecule has 1 aromatic heterocycles. The van der Waals surface area contributed by atoms with Crippen LogP contribution in [0.5, 0.6) is 0 Å². The molecule has 2 aliphatic rings. The number of amides is 1. The van der Waals surface area contributed by atoms with Crippen molar-refractivity contribution in [3.63, 3.8) is 0 Å². The normalized spacial score (nSPS) is 22.3. The quantitative estimate of drug-likeness (QED) is 0.265. The number of benzene rings is 2. The zero-order valence-electron chi connectivity index (χ0n) is 26.6. The first-order chi connectivity index (χ1) is 22.3. The molecule has 1 saturated carbocycles. The maximum atomic E-state index is 13.8. The number of carbonyl (C=O) groups excluding carboxylic acids is 1. The Morgan fingerprint density at radius 1 is 1.04 bits per heavy atom. The van der Waals surface area contributed by atoms with Gasteiger partial charge in [-0.2, -0.15) is 26.3 Å². The first-order valence-corrected chi connectivity index (χ1v) is 17.2. The Hall–Kier alpha value is -3.66. The van der Waals surface area contributed by atoms with Crippen molar-refractivity contribution in [3.05, 3.63) is 59.9 Å². The molecule has 2 heterocycles. The highest BCUT2D eigenvalue weighted by atomic mass is 32.2. The van der Waals surface area contributed by atoms with Crippen LogP contribution in [0.4, 0.5) is 26.3 Å². The summed E-state index contributed by atoms with van der Waals surface area (Å²) < 4.78 is 99.4. The van der Waals surface area contributed by atoms with Crippen LogP contribution < -0.4 is 0 Å². The average molecular weight is 705 g/mol. The fraction of sp³-hybridized carbons (Fsp3) is 0.531. The van der Waals surface area contributed by atoms with Crippen LogP contribution in [0.25, 0.3) is 11.0 Å². The van der Waals surface area contributed by atoms with Gasteiger partial charge in [0.15, 0.2) is 9.84 Å². The molecule has 4 atom stereocenters. The van der Waals surface area contributed by atoms with Crippen molar-refractivity contribution in [2.24, 2.45) is 5.92 Å². The van der Waals surface area contributed by atoms with E-state index in [1.807, 2.05) is 0 Å². The van der Waals surface area contributed by atoms with E-state index in [-0.39, 0.29) is 51.4 Å². The van der Waals surface area contributed by atoms with E-state index in [0.29, 0.717) is 31.8 Å². The molecule has 5 rings (SSSR count). The summed E-state index contributed by atoms with van der Waals surface area (Å²) in [6.07, 6.45) is -7.08. The Morgan fingerprint density at radius 3 is 2.25 bits per heavy atom. The summed E-state index contributed by atoms with van der Waals surface area (Å²) in [7, 11) is -3.60. The number of hydrogen-bond acceptors (Lipinski definition) is 6. The second-order valence-corrected chi connectivity index (χ2v) is 14.3. The molecule has 1 amide bonds. The van der Waals surface area contributed by atoms with Gasteiger partial charge >= 0.3 is 18.3 Å². The number of carbonyl (C=O) groups is 2. The highest BCUT2D eigenvalue weighted by Crippen LogP contribution is 2.40. The number of hydrogen-bond donors (Lipinski definition) is 2. The van der Waals surface area contributed by atoms with Crippen molar-refractivity contribution in [2.45, 2.75) is 87.7 Å². The molecule has 1 aliphatic carbocycles. The highest BCUT2D eigenvalue weighted by molar-refractivity contribution is 7.91. The van der Waals surface area contributed by atoms with Crippen LogP contribution in [0.2, 0.25) is 0 Å². The summed E-state index contributed by atoms with van der Waals surface area (Å²) >= 11 is 0. The number of nitrogens with zero attached hydrogens (tertiary/aromatic N) is 3. The summed E-state index contributed by atoms with van der Waals surface area (Å²) in [5.41, 5.74) is -0.793. The lowest BCUT2D eigenvalue weighted by Crippen LogP contribution is -2.52. The molecule has 264 valence electrons. The number of halogens is 6. The molecule has 2 aromatic carbocycles. The molecule has 1 saturated heterocycles. The van der Waals surface area contributed by atoms with Crippen molar-refractivity contribution >= 4 is 32.7 Å². The Kier molecular flexibility index (Phi) is 11.2. The van der Waals surface area contributed by atoms with E-state index in [4.69, 9.17) is 9.90 Å². The molecule has 1 aliphatic heterocycles. The fourth-order valence-corrected chi connectivity index (χ4v) is 8.58. The number of fused-ring (bicyclic) bond motifs is 1. The van der Waals surface area contributed by atoms with Gasteiger partial charge < -0.3 is 15.0 Å².